The average molecular weight is 506 g/mol. The minimum atomic E-state index is -2.19. The fraction of sp³-hybridized carbons (Fsp3) is 0.0476. The number of ether oxygens (including phenoxy) is 1. The molecule has 27 heavy (non-hydrogen) atoms. The van der Waals surface area contributed by atoms with Crippen LogP contribution in [0.2, 0.25) is 0 Å². The van der Waals surface area contributed by atoms with E-state index in [0.717, 1.165) is 31.6 Å². The molecular weight excluding hydrogens is 492 g/mol. The van der Waals surface area contributed by atoms with Gasteiger partial charge >= 0.3 is 0 Å². The number of fused-ring (bicyclic) bond motifs is 2. The first kappa shape index (κ1) is 18.6. The molecule has 0 aliphatic carbocycles. The van der Waals surface area contributed by atoms with Gasteiger partial charge in [0, 0.05) is 15.6 Å². The van der Waals surface area contributed by atoms with Crippen LogP contribution in [-0.4, -0.2) is 15.9 Å². The van der Waals surface area contributed by atoms with Crippen molar-refractivity contribution in [1.29, 1.82) is 0 Å². The minimum Gasteiger partial charge on any atom is -0.495 e. The Morgan fingerprint density at radius 1 is 0.852 bits per heavy atom. The molecule has 0 spiro atoms. The van der Waals surface area contributed by atoms with Crippen LogP contribution in [0.1, 0.15) is 0 Å². The quantitative estimate of drug-likeness (QED) is 0.312. The number of hydrogen-bond donors (Lipinski definition) is 1. The second-order valence-corrected chi connectivity index (χ2v) is 8.64. The van der Waals surface area contributed by atoms with Crippen LogP contribution in [0.15, 0.2) is 74.5 Å². The third kappa shape index (κ3) is 3.10. The Kier molecular flexibility index (Phi) is 5.07. The van der Waals surface area contributed by atoms with Crippen molar-refractivity contribution >= 4 is 64.5 Å². The highest BCUT2D eigenvalue weighted by Crippen LogP contribution is 2.48. The van der Waals surface area contributed by atoms with Gasteiger partial charge in [-0.15, -0.1) is 0 Å². The van der Waals surface area contributed by atoms with Crippen molar-refractivity contribution in [2.24, 2.45) is 0 Å². The zero-order valence-electron chi connectivity index (χ0n) is 14.2. The molecule has 0 saturated carbocycles. The summed E-state index contributed by atoms with van der Waals surface area (Å²) in [4.78, 5) is 0.329. The maximum atomic E-state index is 12.3. The predicted molar refractivity (Wildman–Crippen MR) is 118 cm³/mol. The van der Waals surface area contributed by atoms with E-state index in [4.69, 9.17) is 4.74 Å². The molecular formula is C21H14Br2O3S. The van der Waals surface area contributed by atoms with Crippen LogP contribution in [0.5, 0.6) is 5.75 Å². The molecule has 4 rings (SSSR count). The Morgan fingerprint density at radius 3 is 1.93 bits per heavy atom. The van der Waals surface area contributed by atoms with Crippen molar-refractivity contribution in [3.05, 3.63) is 69.6 Å². The van der Waals surface area contributed by atoms with E-state index >= 15 is 0 Å². The summed E-state index contributed by atoms with van der Waals surface area (Å²) in [7, 11) is 1.61. The Labute approximate surface area is 175 Å². The lowest BCUT2D eigenvalue weighted by atomic mass is 9.93. The predicted octanol–water partition coefficient (Wildman–Crippen LogP) is 6.77. The lowest BCUT2D eigenvalue weighted by Gasteiger charge is -2.19. The van der Waals surface area contributed by atoms with E-state index in [1.807, 2.05) is 60.7 Å². The van der Waals surface area contributed by atoms with Gasteiger partial charge in [0.15, 0.2) is 11.1 Å². The summed E-state index contributed by atoms with van der Waals surface area (Å²) >= 11 is 4.90. The molecule has 0 aliphatic heterocycles. The van der Waals surface area contributed by atoms with Gasteiger partial charge in [-0.25, -0.2) is 4.21 Å². The molecule has 0 bridgehead atoms. The first-order valence-electron chi connectivity index (χ1n) is 8.10. The van der Waals surface area contributed by atoms with Crippen LogP contribution in [0, 0.1) is 0 Å². The topological polar surface area (TPSA) is 46.5 Å². The summed E-state index contributed by atoms with van der Waals surface area (Å²) in [6, 6.07) is 19.6. The SMILES string of the molecule is COc1c(Br)cc2ccccc2c1-c1c(S(=O)O)c(Br)cc2ccccc12. The van der Waals surface area contributed by atoms with Crippen molar-refractivity contribution in [2.45, 2.75) is 4.90 Å². The molecule has 0 fully saturated rings. The van der Waals surface area contributed by atoms with Gasteiger partial charge in [-0.2, -0.15) is 0 Å². The fourth-order valence-electron chi connectivity index (χ4n) is 3.46. The molecule has 6 heteroatoms. The first-order chi connectivity index (χ1) is 13.0. The number of methoxy groups -OCH3 is 1. The monoisotopic (exact) mass is 504 g/mol. The number of rotatable bonds is 3. The fourth-order valence-corrected chi connectivity index (χ4v) is 5.53. The van der Waals surface area contributed by atoms with Crippen molar-refractivity contribution in [2.75, 3.05) is 7.11 Å². The van der Waals surface area contributed by atoms with Gasteiger partial charge in [0.2, 0.25) is 0 Å². The van der Waals surface area contributed by atoms with Gasteiger partial charge in [0.05, 0.1) is 16.5 Å². The summed E-state index contributed by atoms with van der Waals surface area (Å²) in [6.45, 7) is 0. The summed E-state index contributed by atoms with van der Waals surface area (Å²) in [6.07, 6.45) is 0. The van der Waals surface area contributed by atoms with Crippen molar-refractivity contribution < 1.29 is 13.5 Å². The Morgan fingerprint density at radius 2 is 1.37 bits per heavy atom. The van der Waals surface area contributed by atoms with E-state index in [0.29, 0.717) is 20.7 Å². The summed E-state index contributed by atoms with van der Waals surface area (Å²) in [5, 5.41) is 3.82. The minimum absolute atomic E-state index is 0.329. The standard InChI is InChI=1S/C21H14Br2O3S/c1-26-20-16(22)10-12-6-2-4-8-14(12)18(20)19-15-9-5-3-7-13(15)11-17(23)21(19)27(24)25/h2-11H,1H3,(H,24,25). The molecule has 0 radical (unpaired) electrons. The highest BCUT2D eigenvalue weighted by Gasteiger charge is 2.24. The van der Waals surface area contributed by atoms with E-state index in [2.05, 4.69) is 31.9 Å². The zero-order chi connectivity index (χ0) is 19.1. The number of benzene rings is 4. The molecule has 0 saturated heterocycles. The summed E-state index contributed by atoms with van der Waals surface area (Å²) in [5.41, 5.74) is 1.48. The maximum absolute atomic E-state index is 12.3. The summed E-state index contributed by atoms with van der Waals surface area (Å²) in [5.74, 6) is 0.628. The molecule has 1 N–H and O–H groups in total. The highest BCUT2D eigenvalue weighted by molar-refractivity contribution is 9.10. The van der Waals surface area contributed by atoms with E-state index in [-0.39, 0.29) is 0 Å². The van der Waals surface area contributed by atoms with E-state index in [1.165, 1.54) is 0 Å². The molecule has 0 aliphatic rings. The van der Waals surface area contributed by atoms with Crippen LogP contribution in [-0.2, 0) is 11.1 Å². The second-order valence-electron chi connectivity index (χ2n) is 6.02. The van der Waals surface area contributed by atoms with Crippen LogP contribution in [0.4, 0.5) is 0 Å². The van der Waals surface area contributed by atoms with Gasteiger partial charge in [0.25, 0.3) is 0 Å². The molecule has 4 aromatic rings. The molecule has 1 unspecified atom stereocenters. The molecule has 3 nitrogen and oxygen atoms in total. The van der Waals surface area contributed by atoms with Crippen LogP contribution in [0.25, 0.3) is 32.7 Å². The third-order valence-corrected chi connectivity index (χ3v) is 6.79. The second kappa shape index (κ2) is 7.36. The van der Waals surface area contributed by atoms with Gasteiger partial charge < -0.3 is 9.29 Å². The van der Waals surface area contributed by atoms with Gasteiger partial charge in [0.1, 0.15) is 5.75 Å². The van der Waals surface area contributed by atoms with E-state index < -0.39 is 11.1 Å². The molecule has 0 amide bonds. The van der Waals surface area contributed by atoms with Gasteiger partial charge in [-0.3, -0.25) is 0 Å². The Bertz CT molecular complexity index is 1220. The number of halogens is 2. The summed E-state index contributed by atoms with van der Waals surface area (Å²) < 4.78 is 29.5. The van der Waals surface area contributed by atoms with Crippen LogP contribution < -0.4 is 4.74 Å². The molecule has 136 valence electrons. The largest absolute Gasteiger partial charge is 0.495 e. The van der Waals surface area contributed by atoms with Crippen LogP contribution >= 0.6 is 31.9 Å². The zero-order valence-corrected chi connectivity index (χ0v) is 18.2. The van der Waals surface area contributed by atoms with Gasteiger partial charge in [-0.1, -0.05) is 48.5 Å². The first-order valence-corrected chi connectivity index (χ1v) is 10.8. The third-order valence-electron chi connectivity index (χ3n) is 4.54. The maximum Gasteiger partial charge on any atom is 0.188 e. The van der Waals surface area contributed by atoms with E-state index in [9.17, 15) is 8.76 Å². The molecule has 0 aromatic heterocycles. The highest BCUT2D eigenvalue weighted by atomic mass is 79.9. The van der Waals surface area contributed by atoms with Gasteiger partial charge in [-0.05, 0) is 65.5 Å². The normalized spacial score (nSPS) is 12.4. The van der Waals surface area contributed by atoms with Crippen molar-refractivity contribution in [1.82, 2.24) is 0 Å². The Hall–Kier alpha value is -1.73. The lowest BCUT2D eigenvalue weighted by Crippen LogP contribution is -1.99. The lowest BCUT2D eigenvalue weighted by molar-refractivity contribution is 0.414. The molecule has 4 aromatic carbocycles. The van der Waals surface area contributed by atoms with E-state index in [1.54, 1.807) is 7.11 Å². The van der Waals surface area contributed by atoms with Crippen molar-refractivity contribution in [3.63, 3.8) is 0 Å². The molecule has 0 heterocycles. The van der Waals surface area contributed by atoms with Crippen molar-refractivity contribution in [3.8, 4) is 16.9 Å². The smallest absolute Gasteiger partial charge is 0.188 e. The number of hydrogen-bond acceptors (Lipinski definition) is 2. The van der Waals surface area contributed by atoms with Crippen LogP contribution in [0.3, 0.4) is 0 Å². The Balaban J connectivity index is 2.31. The average Bonchev–Trinajstić information content (AvgIpc) is 2.65. The molecule has 1 atom stereocenters.